The van der Waals surface area contributed by atoms with E-state index in [1.54, 1.807) is 54.0 Å². The molecule has 32 heavy (non-hydrogen) atoms. The van der Waals surface area contributed by atoms with E-state index in [2.05, 4.69) is 22.6 Å². The molecule has 1 aliphatic rings. The van der Waals surface area contributed by atoms with E-state index in [9.17, 15) is 9.59 Å². The van der Waals surface area contributed by atoms with E-state index in [0.29, 0.717) is 33.7 Å². The van der Waals surface area contributed by atoms with Gasteiger partial charge in [0.1, 0.15) is 11.6 Å². The van der Waals surface area contributed by atoms with Crippen LogP contribution in [0.4, 0.5) is 5.69 Å². The van der Waals surface area contributed by atoms with Crippen LogP contribution < -0.4 is 15.2 Å². The second-order valence-corrected chi connectivity index (χ2v) is 8.66. The smallest absolute Gasteiger partial charge is 0.266 e. The molecule has 7 heteroatoms. The van der Waals surface area contributed by atoms with Gasteiger partial charge in [-0.05, 0) is 77.2 Å². The lowest BCUT2D eigenvalue weighted by atomic mass is 10.1. The molecule has 3 aromatic carbocycles. The van der Waals surface area contributed by atoms with Crippen LogP contribution in [0, 0.1) is 3.57 Å². The Hall–Kier alpha value is -3.46. The van der Waals surface area contributed by atoms with Crippen molar-refractivity contribution in [2.24, 2.45) is 0 Å². The minimum absolute atomic E-state index is 0.135. The average molecular weight is 535 g/mol. The number of benzene rings is 3. The van der Waals surface area contributed by atoms with Crippen molar-refractivity contribution in [3.05, 3.63) is 92.0 Å². The minimum Gasteiger partial charge on any atom is -0.497 e. The highest BCUT2D eigenvalue weighted by molar-refractivity contribution is 14.1. The van der Waals surface area contributed by atoms with Gasteiger partial charge in [-0.3, -0.25) is 14.2 Å². The quantitative estimate of drug-likeness (QED) is 0.286. The van der Waals surface area contributed by atoms with Crippen molar-refractivity contribution >= 4 is 56.7 Å². The minimum atomic E-state index is -0.197. The zero-order valence-electron chi connectivity index (χ0n) is 17.4. The zero-order valence-corrected chi connectivity index (χ0v) is 19.5. The zero-order chi connectivity index (χ0) is 22.4. The Bertz CT molecular complexity index is 1470. The van der Waals surface area contributed by atoms with Crippen molar-refractivity contribution in [2.75, 3.05) is 19.1 Å². The molecule has 4 aromatic rings. The molecule has 1 aromatic heterocycles. The van der Waals surface area contributed by atoms with Crippen LogP contribution in [0.5, 0.6) is 5.75 Å². The highest BCUT2D eigenvalue weighted by atomic mass is 127. The predicted molar refractivity (Wildman–Crippen MR) is 134 cm³/mol. The molecule has 1 amide bonds. The van der Waals surface area contributed by atoms with Crippen LogP contribution in [0.1, 0.15) is 11.4 Å². The van der Waals surface area contributed by atoms with E-state index in [0.717, 1.165) is 14.8 Å². The normalized spacial score (nSPS) is 14.3. The Morgan fingerprint density at radius 1 is 1.00 bits per heavy atom. The summed E-state index contributed by atoms with van der Waals surface area (Å²) < 4.78 is 7.75. The van der Waals surface area contributed by atoms with E-state index in [4.69, 9.17) is 9.72 Å². The van der Waals surface area contributed by atoms with E-state index < -0.39 is 0 Å². The topological polar surface area (TPSA) is 64.4 Å². The number of fused-ring (bicyclic) bond motifs is 2. The summed E-state index contributed by atoms with van der Waals surface area (Å²) in [5, 5.41) is 0.519. The Kier molecular flexibility index (Phi) is 5.05. The van der Waals surface area contributed by atoms with Crippen molar-refractivity contribution in [3.8, 4) is 11.4 Å². The van der Waals surface area contributed by atoms with Gasteiger partial charge < -0.3 is 9.64 Å². The largest absolute Gasteiger partial charge is 0.497 e. The molecule has 6 nitrogen and oxygen atoms in total. The molecule has 5 rings (SSSR count). The number of halogens is 1. The number of nitrogens with zero attached hydrogens (tertiary/aromatic N) is 3. The summed E-state index contributed by atoms with van der Waals surface area (Å²) >= 11 is 2.18. The summed E-state index contributed by atoms with van der Waals surface area (Å²) in [6.07, 6.45) is 1.70. The predicted octanol–water partition coefficient (Wildman–Crippen LogP) is 4.52. The molecule has 0 N–H and O–H groups in total. The van der Waals surface area contributed by atoms with Crippen LogP contribution >= 0.6 is 22.6 Å². The second kappa shape index (κ2) is 7.90. The third-order valence-corrected chi connectivity index (χ3v) is 6.22. The fourth-order valence-electron chi connectivity index (χ4n) is 3.92. The van der Waals surface area contributed by atoms with Crippen molar-refractivity contribution in [1.29, 1.82) is 0 Å². The molecule has 0 saturated carbocycles. The number of ether oxygens (including phenoxy) is 1. The lowest BCUT2D eigenvalue weighted by molar-refractivity contribution is -0.112. The first kappa shape index (κ1) is 20.4. The lowest BCUT2D eigenvalue weighted by Crippen LogP contribution is -2.23. The molecule has 0 bridgehead atoms. The van der Waals surface area contributed by atoms with Crippen LogP contribution in [-0.2, 0) is 4.79 Å². The first-order valence-electron chi connectivity index (χ1n) is 9.94. The highest BCUT2D eigenvalue weighted by Gasteiger charge is 2.29. The Balaban J connectivity index is 1.81. The van der Waals surface area contributed by atoms with E-state index >= 15 is 0 Å². The maximum atomic E-state index is 13.6. The first-order valence-corrected chi connectivity index (χ1v) is 11.0. The third-order valence-electron chi connectivity index (χ3n) is 5.55. The Labute approximate surface area is 197 Å². The maximum Gasteiger partial charge on any atom is 0.266 e. The molecule has 0 saturated heterocycles. The molecular weight excluding hydrogens is 517 g/mol. The summed E-state index contributed by atoms with van der Waals surface area (Å²) in [5.74, 6) is 0.943. The van der Waals surface area contributed by atoms with Gasteiger partial charge in [0.2, 0.25) is 0 Å². The van der Waals surface area contributed by atoms with Gasteiger partial charge in [0, 0.05) is 16.2 Å². The van der Waals surface area contributed by atoms with Gasteiger partial charge in [-0.2, -0.15) is 0 Å². The Morgan fingerprint density at radius 2 is 1.75 bits per heavy atom. The number of aromatic nitrogens is 2. The number of hydrogen-bond donors (Lipinski definition) is 0. The van der Waals surface area contributed by atoms with Crippen molar-refractivity contribution in [3.63, 3.8) is 0 Å². The SMILES string of the molecule is COc1ccc(-n2c(C=C3C(=O)N(C)c4ccccc43)nc3ccc(I)cc3c2=O)cc1. The van der Waals surface area contributed by atoms with Crippen LogP contribution in [0.15, 0.2) is 71.5 Å². The van der Waals surface area contributed by atoms with E-state index in [-0.39, 0.29) is 11.5 Å². The monoisotopic (exact) mass is 535 g/mol. The first-order chi connectivity index (χ1) is 15.5. The number of methoxy groups -OCH3 is 1. The van der Waals surface area contributed by atoms with Gasteiger partial charge in [0.25, 0.3) is 11.5 Å². The maximum absolute atomic E-state index is 13.6. The summed E-state index contributed by atoms with van der Waals surface area (Å²) in [6.45, 7) is 0. The molecule has 0 radical (unpaired) electrons. The van der Waals surface area contributed by atoms with Crippen LogP contribution in [-0.4, -0.2) is 29.6 Å². The van der Waals surface area contributed by atoms with E-state index in [1.165, 1.54) is 0 Å². The number of hydrogen-bond acceptors (Lipinski definition) is 4. The number of carbonyl (C=O) groups is 1. The third kappa shape index (κ3) is 3.29. The van der Waals surface area contributed by atoms with E-state index in [1.807, 2.05) is 42.5 Å². The fraction of sp³-hybridized carbons (Fsp3) is 0.0800. The average Bonchev–Trinajstić information content (AvgIpc) is 3.05. The number of likely N-dealkylation sites (N-methyl/N-ethyl adjacent to an activating group) is 1. The van der Waals surface area contributed by atoms with Crippen LogP contribution in [0.25, 0.3) is 28.2 Å². The number of rotatable bonds is 3. The standard InChI is InChI=1S/C25H18IN3O3/c1-28-22-6-4-3-5-18(22)19(24(28)30)14-23-27-21-12-7-15(26)13-20(21)25(31)29(23)16-8-10-17(32-2)11-9-16/h3-14H,1-2H3. The molecule has 2 heterocycles. The molecule has 0 aliphatic carbocycles. The summed E-state index contributed by atoms with van der Waals surface area (Å²) in [5.41, 5.74) is 3.18. The molecular formula is C25H18IN3O3. The number of amides is 1. The number of carbonyl (C=O) groups excluding carboxylic acids is 1. The van der Waals surface area contributed by atoms with Gasteiger partial charge in [0.15, 0.2) is 0 Å². The summed E-state index contributed by atoms with van der Waals surface area (Å²) in [6, 6.07) is 20.4. The summed E-state index contributed by atoms with van der Waals surface area (Å²) in [7, 11) is 3.34. The van der Waals surface area contributed by atoms with Gasteiger partial charge in [-0.15, -0.1) is 0 Å². The van der Waals surface area contributed by atoms with Crippen molar-refractivity contribution < 1.29 is 9.53 Å². The van der Waals surface area contributed by atoms with Gasteiger partial charge in [-0.1, -0.05) is 18.2 Å². The molecule has 0 unspecified atom stereocenters. The lowest BCUT2D eigenvalue weighted by Gasteiger charge is -2.13. The second-order valence-electron chi connectivity index (χ2n) is 7.41. The van der Waals surface area contributed by atoms with Crippen LogP contribution in [0.2, 0.25) is 0 Å². The van der Waals surface area contributed by atoms with Crippen molar-refractivity contribution in [2.45, 2.75) is 0 Å². The molecule has 0 fully saturated rings. The molecule has 1 aliphatic heterocycles. The molecule has 0 atom stereocenters. The molecule has 158 valence electrons. The fourth-order valence-corrected chi connectivity index (χ4v) is 4.41. The van der Waals surface area contributed by atoms with Gasteiger partial charge in [-0.25, -0.2) is 4.98 Å². The van der Waals surface area contributed by atoms with Crippen molar-refractivity contribution in [1.82, 2.24) is 9.55 Å². The summed E-state index contributed by atoms with van der Waals surface area (Å²) in [4.78, 5) is 33.0. The molecule has 0 spiro atoms. The number of anilines is 1. The van der Waals surface area contributed by atoms with Gasteiger partial charge in [0.05, 0.1) is 35.0 Å². The highest BCUT2D eigenvalue weighted by Crippen LogP contribution is 2.36. The van der Waals surface area contributed by atoms with Crippen LogP contribution in [0.3, 0.4) is 0 Å². The van der Waals surface area contributed by atoms with Gasteiger partial charge >= 0.3 is 0 Å². The number of para-hydroxylation sites is 1. The Morgan fingerprint density at radius 3 is 2.50 bits per heavy atom.